The van der Waals surface area contributed by atoms with Gasteiger partial charge in [0.1, 0.15) is 6.34 Å². The molecule has 0 fully saturated rings. The first-order chi connectivity index (χ1) is 7.61. The summed E-state index contributed by atoms with van der Waals surface area (Å²) in [6.45, 7) is 0. The highest BCUT2D eigenvalue weighted by molar-refractivity contribution is 5.82. The van der Waals surface area contributed by atoms with E-state index in [2.05, 4.69) is 10.5 Å². The molecule has 0 aliphatic carbocycles. The number of aliphatic hydroxyl groups is 1. The van der Waals surface area contributed by atoms with Gasteiger partial charge in [0.05, 0.1) is 0 Å². The minimum Gasteiger partial charge on any atom is -0.378 e. The molecule has 0 spiro atoms. The van der Waals surface area contributed by atoms with Crippen molar-refractivity contribution < 1.29 is 9.90 Å². The molecule has 0 radical (unpaired) electrons. The van der Waals surface area contributed by atoms with Crippen molar-refractivity contribution in [2.45, 2.75) is 6.10 Å². The summed E-state index contributed by atoms with van der Waals surface area (Å²) in [6.07, 6.45) is 0.246. The fraction of sp³-hybridized carbons (Fsp3) is 0.273. The first kappa shape index (κ1) is 12.2. The van der Waals surface area contributed by atoms with Gasteiger partial charge in [-0.05, 0) is 5.56 Å². The van der Waals surface area contributed by atoms with Crippen LogP contribution in [0, 0.1) is 0 Å². The van der Waals surface area contributed by atoms with Gasteiger partial charge in [0, 0.05) is 14.1 Å². The Labute approximate surface area is 94.4 Å². The Kier molecular flexibility index (Phi) is 4.47. The Hall–Kier alpha value is -1.88. The van der Waals surface area contributed by atoms with Crippen LogP contribution < -0.4 is 5.43 Å². The summed E-state index contributed by atoms with van der Waals surface area (Å²) in [5.74, 6) is -0.552. The number of nitrogens with one attached hydrogen (secondary N) is 1. The molecule has 5 heteroatoms. The second-order valence-electron chi connectivity index (χ2n) is 3.50. The average Bonchev–Trinajstić information content (AvgIpc) is 2.28. The summed E-state index contributed by atoms with van der Waals surface area (Å²) < 4.78 is 0. The summed E-state index contributed by atoms with van der Waals surface area (Å²) in [5.41, 5.74) is 2.79. The molecule has 0 aliphatic rings. The maximum Gasteiger partial charge on any atom is 0.273 e. The molecule has 0 bridgehead atoms. The molecule has 1 rings (SSSR count). The fourth-order valence-corrected chi connectivity index (χ4v) is 1.06. The molecule has 5 nitrogen and oxygen atoms in total. The molecule has 1 amide bonds. The lowest BCUT2D eigenvalue weighted by atomic mass is 10.1. The summed E-state index contributed by atoms with van der Waals surface area (Å²) in [7, 11) is 3.56. The second-order valence-corrected chi connectivity index (χ2v) is 3.50. The monoisotopic (exact) mass is 221 g/mol. The van der Waals surface area contributed by atoms with Gasteiger partial charge in [0.2, 0.25) is 0 Å². The Morgan fingerprint density at radius 3 is 2.62 bits per heavy atom. The van der Waals surface area contributed by atoms with Gasteiger partial charge in [0.15, 0.2) is 6.10 Å². The lowest BCUT2D eigenvalue weighted by Gasteiger charge is -2.09. The molecule has 0 heterocycles. The molecule has 86 valence electrons. The Bertz CT molecular complexity index is 363. The highest BCUT2D eigenvalue weighted by Gasteiger charge is 2.15. The van der Waals surface area contributed by atoms with Crippen LogP contribution in [0.2, 0.25) is 0 Å². The average molecular weight is 221 g/mol. The standard InChI is InChI=1S/C11H15N3O2/c1-14(2)8-12-13-11(16)10(15)9-6-4-3-5-7-9/h3-8,10,15H,1-2H3,(H,13,16)/b12-8-/t10-/m0/s1. The number of rotatable bonds is 4. The smallest absolute Gasteiger partial charge is 0.273 e. The van der Waals surface area contributed by atoms with Gasteiger partial charge in [0.25, 0.3) is 5.91 Å². The molecule has 2 N–H and O–H groups in total. The summed E-state index contributed by atoms with van der Waals surface area (Å²) in [4.78, 5) is 13.1. The van der Waals surface area contributed by atoms with E-state index >= 15 is 0 Å². The third-order valence-corrected chi connectivity index (χ3v) is 1.83. The number of hydrazone groups is 1. The van der Waals surface area contributed by atoms with Gasteiger partial charge in [-0.3, -0.25) is 4.79 Å². The number of hydrogen-bond acceptors (Lipinski definition) is 3. The molecule has 1 aromatic carbocycles. The molecular formula is C11H15N3O2. The maximum atomic E-state index is 11.4. The molecule has 16 heavy (non-hydrogen) atoms. The zero-order valence-electron chi connectivity index (χ0n) is 9.29. The normalized spacial score (nSPS) is 12.4. The quantitative estimate of drug-likeness (QED) is 0.438. The van der Waals surface area contributed by atoms with Crippen LogP contribution in [0.4, 0.5) is 0 Å². The number of carbonyl (C=O) groups excluding carboxylic acids is 1. The first-order valence-corrected chi connectivity index (χ1v) is 4.83. The van der Waals surface area contributed by atoms with Gasteiger partial charge < -0.3 is 10.0 Å². The number of aliphatic hydroxyl groups excluding tert-OH is 1. The Morgan fingerprint density at radius 2 is 2.06 bits per heavy atom. The fourth-order valence-electron chi connectivity index (χ4n) is 1.06. The third kappa shape index (κ3) is 3.70. The summed E-state index contributed by atoms with van der Waals surface area (Å²) >= 11 is 0. The van der Waals surface area contributed by atoms with Crippen molar-refractivity contribution in [2.75, 3.05) is 14.1 Å². The summed E-state index contributed by atoms with van der Waals surface area (Å²) in [6, 6.07) is 8.70. The Balaban J connectivity index is 2.55. The molecule has 1 atom stereocenters. The highest BCUT2D eigenvalue weighted by atomic mass is 16.3. The van der Waals surface area contributed by atoms with Gasteiger partial charge in [-0.15, -0.1) is 0 Å². The van der Waals surface area contributed by atoms with Crippen molar-refractivity contribution in [3.05, 3.63) is 35.9 Å². The molecule has 0 saturated heterocycles. The largest absolute Gasteiger partial charge is 0.378 e. The van der Waals surface area contributed by atoms with Crippen LogP contribution in [0.1, 0.15) is 11.7 Å². The number of hydrogen-bond donors (Lipinski definition) is 2. The van der Waals surface area contributed by atoms with Crippen LogP contribution in [0.25, 0.3) is 0 Å². The SMILES string of the molecule is CN(C)/C=N\NC(=O)[C@@H](O)c1ccccc1. The van der Waals surface area contributed by atoms with E-state index in [1.807, 2.05) is 6.07 Å². The molecular weight excluding hydrogens is 206 g/mol. The maximum absolute atomic E-state index is 11.4. The van der Waals surface area contributed by atoms with Crippen LogP contribution in [0.15, 0.2) is 35.4 Å². The molecule has 0 aliphatic heterocycles. The van der Waals surface area contributed by atoms with Gasteiger partial charge in [-0.2, -0.15) is 5.10 Å². The lowest BCUT2D eigenvalue weighted by Crippen LogP contribution is -2.26. The number of nitrogens with zero attached hydrogens (tertiary/aromatic N) is 2. The van der Waals surface area contributed by atoms with Crippen molar-refractivity contribution in [2.24, 2.45) is 5.10 Å². The summed E-state index contributed by atoms with van der Waals surface area (Å²) in [5, 5.41) is 13.3. The van der Waals surface area contributed by atoms with E-state index in [9.17, 15) is 9.90 Å². The van der Waals surface area contributed by atoms with E-state index in [0.717, 1.165) is 0 Å². The molecule has 0 aromatic heterocycles. The van der Waals surface area contributed by atoms with Crippen molar-refractivity contribution in [1.82, 2.24) is 10.3 Å². The third-order valence-electron chi connectivity index (χ3n) is 1.83. The van der Waals surface area contributed by atoms with Crippen molar-refractivity contribution in [1.29, 1.82) is 0 Å². The second kappa shape index (κ2) is 5.87. The van der Waals surface area contributed by atoms with Crippen LogP contribution in [-0.4, -0.2) is 36.3 Å². The lowest BCUT2D eigenvalue weighted by molar-refractivity contribution is -0.129. The number of benzene rings is 1. The highest BCUT2D eigenvalue weighted by Crippen LogP contribution is 2.11. The van der Waals surface area contributed by atoms with E-state index in [1.54, 1.807) is 43.3 Å². The van der Waals surface area contributed by atoms with Crippen LogP contribution in [0.5, 0.6) is 0 Å². The van der Waals surface area contributed by atoms with Gasteiger partial charge in [-0.25, -0.2) is 5.43 Å². The predicted molar refractivity (Wildman–Crippen MR) is 61.7 cm³/mol. The molecule has 0 unspecified atom stereocenters. The van der Waals surface area contributed by atoms with Crippen molar-refractivity contribution in [3.8, 4) is 0 Å². The first-order valence-electron chi connectivity index (χ1n) is 4.83. The van der Waals surface area contributed by atoms with Crippen molar-refractivity contribution in [3.63, 3.8) is 0 Å². The Morgan fingerprint density at radius 1 is 1.44 bits per heavy atom. The van der Waals surface area contributed by atoms with Crippen molar-refractivity contribution >= 4 is 12.2 Å². The van der Waals surface area contributed by atoms with E-state index in [0.29, 0.717) is 5.56 Å². The van der Waals surface area contributed by atoms with Gasteiger partial charge in [-0.1, -0.05) is 30.3 Å². The van der Waals surface area contributed by atoms with E-state index in [1.165, 1.54) is 6.34 Å². The minimum atomic E-state index is -1.19. The topological polar surface area (TPSA) is 64.9 Å². The van der Waals surface area contributed by atoms with Crippen LogP contribution >= 0.6 is 0 Å². The zero-order valence-corrected chi connectivity index (χ0v) is 9.29. The molecule has 0 saturated carbocycles. The van der Waals surface area contributed by atoms with Crippen LogP contribution in [-0.2, 0) is 4.79 Å². The van der Waals surface area contributed by atoms with E-state index in [4.69, 9.17) is 0 Å². The van der Waals surface area contributed by atoms with Crippen LogP contribution in [0.3, 0.4) is 0 Å². The minimum absolute atomic E-state index is 0.542. The number of amides is 1. The van der Waals surface area contributed by atoms with Gasteiger partial charge >= 0.3 is 0 Å². The number of carbonyl (C=O) groups is 1. The predicted octanol–water partition coefficient (Wildman–Crippen LogP) is 0.341. The zero-order chi connectivity index (χ0) is 12.0. The van der Waals surface area contributed by atoms with E-state index in [-0.39, 0.29) is 0 Å². The molecule has 1 aromatic rings. The van der Waals surface area contributed by atoms with E-state index < -0.39 is 12.0 Å².